The van der Waals surface area contributed by atoms with Gasteiger partial charge in [-0.3, -0.25) is 9.69 Å². The van der Waals surface area contributed by atoms with Crippen molar-refractivity contribution in [3.05, 3.63) is 27.9 Å². The summed E-state index contributed by atoms with van der Waals surface area (Å²) in [5, 5.41) is 10.5. The molecular formula is C14H21N3O3. The highest BCUT2D eigenvalue weighted by atomic mass is 16.5. The summed E-state index contributed by atoms with van der Waals surface area (Å²) in [6.07, 6.45) is 1.41. The lowest BCUT2D eigenvalue weighted by molar-refractivity contribution is -0.0898. The molecule has 2 aliphatic heterocycles. The van der Waals surface area contributed by atoms with E-state index in [4.69, 9.17) is 4.74 Å². The van der Waals surface area contributed by atoms with Gasteiger partial charge >= 0.3 is 0 Å². The Morgan fingerprint density at radius 1 is 1.50 bits per heavy atom. The van der Waals surface area contributed by atoms with E-state index in [0.717, 1.165) is 18.8 Å². The van der Waals surface area contributed by atoms with Gasteiger partial charge in [0.05, 0.1) is 11.3 Å². The molecule has 2 N–H and O–H groups in total. The van der Waals surface area contributed by atoms with Gasteiger partial charge in [-0.25, -0.2) is 4.98 Å². The summed E-state index contributed by atoms with van der Waals surface area (Å²) in [5.41, 5.74) is 0.163. The fraction of sp³-hybridized carbons (Fsp3) is 0.714. The van der Waals surface area contributed by atoms with Crippen LogP contribution in [0.1, 0.15) is 30.3 Å². The fourth-order valence-electron chi connectivity index (χ4n) is 3.02. The number of β-amino-alcohol motifs (C(OH)–C–C–N with tert-alkyl or cyclic N) is 1. The van der Waals surface area contributed by atoms with Crippen molar-refractivity contribution in [3.8, 4) is 0 Å². The number of likely N-dealkylation sites (tertiary alicyclic amines) is 1. The van der Waals surface area contributed by atoms with E-state index >= 15 is 0 Å². The summed E-state index contributed by atoms with van der Waals surface area (Å²) in [4.78, 5) is 20.7. The molecule has 2 aliphatic rings. The normalized spacial score (nSPS) is 23.5. The summed E-state index contributed by atoms with van der Waals surface area (Å²) in [7, 11) is 0. The van der Waals surface area contributed by atoms with Crippen LogP contribution in [0.3, 0.4) is 0 Å². The molecule has 0 saturated carbocycles. The maximum absolute atomic E-state index is 11.4. The lowest BCUT2D eigenvalue weighted by atomic mass is 9.89. The first-order chi connectivity index (χ1) is 9.54. The highest BCUT2D eigenvalue weighted by Gasteiger charge is 2.37. The SMILES string of the molecule is Cc1nc(C2CN(CC3(O)CCOCC3)C2)cc(=O)[nH]1. The lowest BCUT2D eigenvalue weighted by Gasteiger charge is -2.44. The van der Waals surface area contributed by atoms with E-state index in [0.29, 0.717) is 44.3 Å². The van der Waals surface area contributed by atoms with E-state index in [-0.39, 0.29) is 5.56 Å². The van der Waals surface area contributed by atoms with E-state index in [9.17, 15) is 9.90 Å². The molecule has 1 aromatic heterocycles. The number of aromatic amines is 1. The molecule has 0 aromatic carbocycles. The standard InChI is InChI=1S/C14H21N3O3/c1-10-15-12(6-13(18)16-10)11-7-17(8-11)9-14(19)2-4-20-5-3-14/h6,11,19H,2-5,7-9H2,1H3,(H,15,16,18). The van der Waals surface area contributed by atoms with Gasteiger partial charge in [0, 0.05) is 57.7 Å². The third-order valence-electron chi connectivity index (χ3n) is 4.20. The number of nitrogens with one attached hydrogen (secondary N) is 1. The Bertz CT molecular complexity index is 531. The van der Waals surface area contributed by atoms with E-state index in [1.807, 2.05) is 0 Å². The Hall–Kier alpha value is -1.24. The largest absolute Gasteiger partial charge is 0.388 e. The number of rotatable bonds is 3. The Morgan fingerprint density at radius 3 is 2.85 bits per heavy atom. The summed E-state index contributed by atoms with van der Waals surface area (Å²) in [6, 6.07) is 1.58. The predicted octanol–water partition coefficient (Wildman–Crippen LogP) is 0.0190. The van der Waals surface area contributed by atoms with Gasteiger partial charge in [0.2, 0.25) is 0 Å². The van der Waals surface area contributed by atoms with Gasteiger partial charge in [-0.05, 0) is 6.92 Å². The topological polar surface area (TPSA) is 78.5 Å². The summed E-state index contributed by atoms with van der Waals surface area (Å²) in [6.45, 7) is 5.49. The zero-order valence-corrected chi connectivity index (χ0v) is 11.8. The van der Waals surface area contributed by atoms with Gasteiger partial charge in [-0.1, -0.05) is 0 Å². The van der Waals surface area contributed by atoms with Crippen LogP contribution in [0.5, 0.6) is 0 Å². The predicted molar refractivity (Wildman–Crippen MR) is 73.8 cm³/mol. The molecule has 1 aromatic rings. The number of nitrogens with zero attached hydrogens (tertiary/aromatic N) is 2. The van der Waals surface area contributed by atoms with Crippen LogP contribution in [0, 0.1) is 6.92 Å². The number of hydrogen-bond donors (Lipinski definition) is 2. The first-order valence-electron chi connectivity index (χ1n) is 7.14. The Morgan fingerprint density at radius 2 is 2.20 bits per heavy atom. The lowest BCUT2D eigenvalue weighted by Crippen LogP contribution is -2.54. The fourth-order valence-corrected chi connectivity index (χ4v) is 3.02. The molecular weight excluding hydrogens is 258 g/mol. The number of aromatic nitrogens is 2. The van der Waals surface area contributed by atoms with Crippen molar-refractivity contribution < 1.29 is 9.84 Å². The van der Waals surface area contributed by atoms with Crippen molar-refractivity contribution in [2.75, 3.05) is 32.8 Å². The molecule has 6 heteroatoms. The van der Waals surface area contributed by atoms with E-state index < -0.39 is 5.60 Å². The zero-order valence-electron chi connectivity index (χ0n) is 11.8. The maximum atomic E-state index is 11.4. The van der Waals surface area contributed by atoms with Crippen LogP contribution in [-0.2, 0) is 4.74 Å². The van der Waals surface area contributed by atoms with Crippen molar-refractivity contribution >= 4 is 0 Å². The van der Waals surface area contributed by atoms with Gasteiger partial charge in [0.1, 0.15) is 5.82 Å². The summed E-state index contributed by atoms with van der Waals surface area (Å²) >= 11 is 0. The van der Waals surface area contributed by atoms with Crippen LogP contribution < -0.4 is 5.56 Å². The Balaban J connectivity index is 1.57. The van der Waals surface area contributed by atoms with Crippen LogP contribution in [0.25, 0.3) is 0 Å². The summed E-state index contributed by atoms with van der Waals surface area (Å²) < 4.78 is 5.29. The number of H-pyrrole nitrogens is 1. The Labute approximate surface area is 117 Å². The first-order valence-corrected chi connectivity index (χ1v) is 7.14. The molecule has 0 atom stereocenters. The van der Waals surface area contributed by atoms with Crippen molar-refractivity contribution in [2.45, 2.75) is 31.3 Å². The van der Waals surface area contributed by atoms with Crippen molar-refractivity contribution in [1.82, 2.24) is 14.9 Å². The number of ether oxygens (including phenoxy) is 1. The minimum absolute atomic E-state index is 0.0889. The smallest absolute Gasteiger partial charge is 0.251 e. The number of aryl methyl sites for hydroxylation is 1. The monoisotopic (exact) mass is 279 g/mol. The molecule has 0 spiro atoms. The van der Waals surface area contributed by atoms with Crippen LogP contribution in [-0.4, -0.2) is 58.4 Å². The number of aliphatic hydroxyl groups is 1. The minimum Gasteiger partial charge on any atom is -0.388 e. The quantitative estimate of drug-likeness (QED) is 0.815. The second-order valence-corrected chi connectivity index (χ2v) is 5.98. The molecule has 20 heavy (non-hydrogen) atoms. The van der Waals surface area contributed by atoms with Crippen molar-refractivity contribution in [3.63, 3.8) is 0 Å². The maximum Gasteiger partial charge on any atom is 0.251 e. The molecule has 6 nitrogen and oxygen atoms in total. The zero-order chi connectivity index (χ0) is 14.2. The Kier molecular flexibility index (Phi) is 3.62. The highest BCUT2D eigenvalue weighted by molar-refractivity contribution is 5.13. The van der Waals surface area contributed by atoms with Crippen LogP contribution in [0.2, 0.25) is 0 Å². The molecule has 0 aliphatic carbocycles. The third kappa shape index (κ3) is 2.92. The van der Waals surface area contributed by atoms with Gasteiger partial charge in [0.25, 0.3) is 5.56 Å². The molecule has 0 bridgehead atoms. The third-order valence-corrected chi connectivity index (χ3v) is 4.20. The van der Waals surface area contributed by atoms with Crippen LogP contribution in [0.15, 0.2) is 10.9 Å². The van der Waals surface area contributed by atoms with Crippen molar-refractivity contribution in [2.24, 2.45) is 0 Å². The van der Waals surface area contributed by atoms with E-state index in [1.165, 1.54) is 0 Å². The van der Waals surface area contributed by atoms with Crippen LogP contribution >= 0.6 is 0 Å². The van der Waals surface area contributed by atoms with E-state index in [1.54, 1.807) is 13.0 Å². The molecule has 2 saturated heterocycles. The highest BCUT2D eigenvalue weighted by Crippen LogP contribution is 2.29. The average molecular weight is 279 g/mol. The second-order valence-electron chi connectivity index (χ2n) is 5.98. The average Bonchev–Trinajstić information content (AvgIpc) is 2.33. The summed E-state index contributed by atoms with van der Waals surface area (Å²) in [5.74, 6) is 0.966. The van der Waals surface area contributed by atoms with Gasteiger partial charge in [-0.15, -0.1) is 0 Å². The van der Waals surface area contributed by atoms with Gasteiger partial charge in [0.15, 0.2) is 0 Å². The van der Waals surface area contributed by atoms with Gasteiger partial charge < -0.3 is 14.8 Å². The molecule has 0 amide bonds. The molecule has 3 rings (SSSR count). The molecule has 0 radical (unpaired) electrons. The molecule has 3 heterocycles. The van der Waals surface area contributed by atoms with Crippen molar-refractivity contribution in [1.29, 1.82) is 0 Å². The van der Waals surface area contributed by atoms with Gasteiger partial charge in [-0.2, -0.15) is 0 Å². The first kappa shape index (κ1) is 13.7. The minimum atomic E-state index is -0.610. The molecule has 110 valence electrons. The number of hydrogen-bond acceptors (Lipinski definition) is 5. The van der Waals surface area contributed by atoms with Crippen LogP contribution in [0.4, 0.5) is 0 Å². The molecule has 2 fully saturated rings. The second kappa shape index (κ2) is 5.27. The molecule has 0 unspecified atom stereocenters. The van der Waals surface area contributed by atoms with E-state index in [2.05, 4.69) is 14.9 Å².